The summed E-state index contributed by atoms with van der Waals surface area (Å²) in [7, 11) is 0. The maximum atomic E-state index is 5.46. The molecule has 0 saturated heterocycles. The van der Waals surface area contributed by atoms with Crippen LogP contribution in [0.2, 0.25) is 0 Å². The molecule has 0 aromatic carbocycles. The molecule has 1 unspecified atom stereocenters. The van der Waals surface area contributed by atoms with Crippen LogP contribution >= 0.6 is 12.6 Å². The van der Waals surface area contributed by atoms with Gasteiger partial charge in [-0.05, 0) is 19.3 Å². The highest BCUT2D eigenvalue weighted by atomic mass is 32.1. The van der Waals surface area contributed by atoms with E-state index >= 15 is 0 Å². The summed E-state index contributed by atoms with van der Waals surface area (Å²) in [5.41, 5.74) is 0. The summed E-state index contributed by atoms with van der Waals surface area (Å²) >= 11 is 4.39. The molecule has 0 aromatic rings. The number of hydrogen-bond acceptors (Lipinski definition) is 2. The molecule has 0 aliphatic carbocycles. The van der Waals surface area contributed by atoms with Gasteiger partial charge < -0.3 is 4.74 Å². The second-order valence-electron chi connectivity index (χ2n) is 3.17. The first-order valence-electron chi connectivity index (χ1n) is 5.07. The molecular formula is C10H22OS. The molecule has 0 N–H and O–H groups in total. The molecule has 12 heavy (non-hydrogen) atoms. The summed E-state index contributed by atoms with van der Waals surface area (Å²) in [5.74, 6) is 0. The predicted molar refractivity (Wildman–Crippen MR) is 58.0 cm³/mol. The number of hydrogen-bond donors (Lipinski definition) is 1. The predicted octanol–water partition coefficient (Wildman–Crippen LogP) is 3.29. The molecule has 0 fully saturated rings. The van der Waals surface area contributed by atoms with E-state index in [0.717, 1.165) is 26.1 Å². The molecule has 1 atom stereocenters. The minimum absolute atomic E-state index is 0.524. The summed E-state index contributed by atoms with van der Waals surface area (Å²) in [5, 5.41) is 0.524. The second kappa shape index (κ2) is 9.40. The van der Waals surface area contributed by atoms with Gasteiger partial charge in [0.25, 0.3) is 0 Å². The zero-order valence-electron chi connectivity index (χ0n) is 8.38. The fourth-order valence-electron chi connectivity index (χ4n) is 0.980. The van der Waals surface area contributed by atoms with E-state index < -0.39 is 0 Å². The van der Waals surface area contributed by atoms with Gasteiger partial charge in [0, 0.05) is 18.5 Å². The van der Waals surface area contributed by atoms with Gasteiger partial charge in [-0.15, -0.1) is 0 Å². The molecule has 2 heteroatoms. The van der Waals surface area contributed by atoms with Crippen LogP contribution < -0.4 is 0 Å². The Morgan fingerprint density at radius 2 is 1.92 bits per heavy atom. The number of ether oxygens (including phenoxy) is 1. The van der Waals surface area contributed by atoms with Crippen LogP contribution in [-0.2, 0) is 4.74 Å². The third kappa shape index (κ3) is 8.41. The molecule has 0 rings (SSSR count). The van der Waals surface area contributed by atoms with Gasteiger partial charge in [0.15, 0.2) is 0 Å². The lowest BCUT2D eigenvalue weighted by Gasteiger charge is -2.07. The highest BCUT2D eigenvalue weighted by molar-refractivity contribution is 7.80. The molecule has 0 aliphatic rings. The zero-order valence-corrected chi connectivity index (χ0v) is 9.28. The van der Waals surface area contributed by atoms with Crippen molar-refractivity contribution in [3.05, 3.63) is 0 Å². The highest BCUT2D eigenvalue weighted by Crippen LogP contribution is 2.05. The first-order valence-corrected chi connectivity index (χ1v) is 5.58. The lowest BCUT2D eigenvalue weighted by atomic mass is 10.2. The Hall–Kier alpha value is 0.310. The van der Waals surface area contributed by atoms with Crippen molar-refractivity contribution in [1.29, 1.82) is 0 Å². The molecular weight excluding hydrogens is 168 g/mol. The molecule has 0 saturated carbocycles. The maximum Gasteiger partial charge on any atom is 0.0476 e. The van der Waals surface area contributed by atoms with Crippen LogP contribution in [-0.4, -0.2) is 18.5 Å². The Balaban J connectivity index is 2.90. The standard InChI is InChI=1S/C10H22OS/c1-3-5-6-8-11-9-7-10(12)4-2/h10,12H,3-9H2,1-2H3. The van der Waals surface area contributed by atoms with Gasteiger partial charge in [0.05, 0.1) is 0 Å². The van der Waals surface area contributed by atoms with E-state index in [-0.39, 0.29) is 0 Å². The smallest absolute Gasteiger partial charge is 0.0476 e. The van der Waals surface area contributed by atoms with Crippen LogP contribution in [0.5, 0.6) is 0 Å². The molecule has 1 nitrogen and oxygen atoms in total. The van der Waals surface area contributed by atoms with Crippen LogP contribution in [0.15, 0.2) is 0 Å². The van der Waals surface area contributed by atoms with E-state index in [1.807, 2.05) is 0 Å². The van der Waals surface area contributed by atoms with E-state index in [0.29, 0.717) is 5.25 Å². The van der Waals surface area contributed by atoms with Crippen molar-refractivity contribution in [3.8, 4) is 0 Å². The summed E-state index contributed by atoms with van der Waals surface area (Å²) in [4.78, 5) is 0. The Bertz CT molecular complexity index is 85.9. The molecule has 0 heterocycles. The summed E-state index contributed by atoms with van der Waals surface area (Å²) in [6.45, 7) is 6.18. The van der Waals surface area contributed by atoms with Crippen LogP contribution in [0.1, 0.15) is 46.0 Å². The summed E-state index contributed by atoms with van der Waals surface area (Å²) in [6.07, 6.45) is 6.00. The van der Waals surface area contributed by atoms with Crippen molar-refractivity contribution in [2.24, 2.45) is 0 Å². The van der Waals surface area contributed by atoms with Gasteiger partial charge in [0.2, 0.25) is 0 Å². The topological polar surface area (TPSA) is 9.23 Å². The Morgan fingerprint density at radius 3 is 2.50 bits per heavy atom. The maximum absolute atomic E-state index is 5.46. The van der Waals surface area contributed by atoms with Crippen molar-refractivity contribution in [2.45, 2.75) is 51.2 Å². The van der Waals surface area contributed by atoms with Gasteiger partial charge in [-0.3, -0.25) is 0 Å². The Labute approximate surface area is 82.3 Å². The average molecular weight is 190 g/mol. The Kier molecular flexibility index (Phi) is 9.64. The lowest BCUT2D eigenvalue weighted by molar-refractivity contribution is 0.127. The van der Waals surface area contributed by atoms with E-state index in [1.165, 1.54) is 19.3 Å². The fourth-order valence-corrected chi connectivity index (χ4v) is 1.09. The fraction of sp³-hybridized carbons (Fsp3) is 1.00. The first kappa shape index (κ1) is 12.3. The van der Waals surface area contributed by atoms with Gasteiger partial charge in [0.1, 0.15) is 0 Å². The van der Waals surface area contributed by atoms with Crippen LogP contribution in [0.25, 0.3) is 0 Å². The minimum Gasteiger partial charge on any atom is -0.381 e. The van der Waals surface area contributed by atoms with Crippen molar-refractivity contribution in [1.82, 2.24) is 0 Å². The minimum atomic E-state index is 0.524. The molecule has 74 valence electrons. The second-order valence-corrected chi connectivity index (χ2v) is 3.90. The van der Waals surface area contributed by atoms with Crippen molar-refractivity contribution in [3.63, 3.8) is 0 Å². The van der Waals surface area contributed by atoms with Crippen molar-refractivity contribution in [2.75, 3.05) is 13.2 Å². The van der Waals surface area contributed by atoms with Crippen molar-refractivity contribution >= 4 is 12.6 Å². The number of thiol groups is 1. The number of unbranched alkanes of at least 4 members (excludes halogenated alkanes) is 2. The molecule has 0 aromatic heterocycles. The summed E-state index contributed by atoms with van der Waals surface area (Å²) < 4.78 is 5.46. The average Bonchev–Trinajstić information content (AvgIpc) is 2.10. The summed E-state index contributed by atoms with van der Waals surface area (Å²) in [6, 6.07) is 0. The quantitative estimate of drug-likeness (QED) is 0.456. The monoisotopic (exact) mass is 190 g/mol. The lowest BCUT2D eigenvalue weighted by Crippen LogP contribution is -2.04. The third-order valence-corrected chi connectivity index (χ3v) is 2.58. The van der Waals surface area contributed by atoms with E-state index in [9.17, 15) is 0 Å². The first-order chi connectivity index (χ1) is 5.81. The number of rotatable bonds is 8. The molecule has 0 radical (unpaired) electrons. The Morgan fingerprint density at radius 1 is 1.17 bits per heavy atom. The van der Waals surface area contributed by atoms with Crippen molar-refractivity contribution < 1.29 is 4.74 Å². The third-order valence-electron chi connectivity index (χ3n) is 1.96. The van der Waals surface area contributed by atoms with Gasteiger partial charge in [-0.1, -0.05) is 26.7 Å². The van der Waals surface area contributed by atoms with Crippen LogP contribution in [0.4, 0.5) is 0 Å². The molecule has 0 bridgehead atoms. The highest BCUT2D eigenvalue weighted by Gasteiger charge is 1.98. The van der Waals surface area contributed by atoms with Gasteiger partial charge in [-0.25, -0.2) is 0 Å². The van der Waals surface area contributed by atoms with Crippen LogP contribution in [0.3, 0.4) is 0 Å². The van der Waals surface area contributed by atoms with E-state index in [1.54, 1.807) is 0 Å². The SMILES string of the molecule is CCCCCOCCC(S)CC. The van der Waals surface area contributed by atoms with E-state index in [4.69, 9.17) is 4.74 Å². The van der Waals surface area contributed by atoms with Crippen LogP contribution in [0, 0.1) is 0 Å². The zero-order chi connectivity index (χ0) is 9.23. The van der Waals surface area contributed by atoms with Gasteiger partial charge >= 0.3 is 0 Å². The molecule has 0 amide bonds. The normalized spacial score (nSPS) is 13.2. The van der Waals surface area contributed by atoms with Gasteiger partial charge in [-0.2, -0.15) is 12.6 Å². The largest absolute Gasteiger partial charge is 0.381 e. The van der Waals surface area contributed by atoms with E-state index in [2.05, 4.69) is 26.5 Å². The molecule has 0 aliphatic heterocycles. The molecule has 0 spiro atoms.